The third-order valence-corrected chi connectivity index (χ3v) is 10.1. The molecule has 5 rings (SSSR count). The molecule has 0 saturated carbocycles. The number of sulfone groups is 1. The molecule has 3 aliphatic rings. The number of hydrogen-bond donors (Lipinski definition) is 1. The number of urea groups is 1. The zero-order valence-electron chi connectivity index (χ0n) is 24.5. The van der Waals surface area contributed by atoms with Crippen molar-refractivity contribution in [3.8, 4) is 0 Å². The lowest BCUT2D eigenvalue weighted by Gasteiger charge is -2.43. The van der Waals surface area contributed by atoms with Crippen molar-refractivity contribution in [3.63, 3.8) is 0 Å². The van der Waals surface area contributed by atoms with Gasteiger partial charge in [-0.05, 0) is 47.9 Å². The molecule has 226 valence electrons. The number of likely N-dealkylation sites (tertiary alicyclic amines) is 2. The Bertz CT molecular complexity index is 1420. The number of rotatable bonds is 8. The molecule has 3 heterocycles. The molecule has 0 aromatic heterocycles. The van der Waals surface area contributed by atoms with Gasteiger partial charge in [0.05, 0.1) is 11.4 Å². The van der Waals surface area contributed by atoms with E-state index in [2.05, 4.69) is 17.0 Å². The quantitative estimate of drug-likeness (QED) is 0.461. The summed E-state index contributed by atoms with van der Waals surface area (Å²) in [5.74, 6) is 0.226. The van der Waals surface area contributed by atoms with Crippen LogP contribution in [0.3, 0.4) is 0 Å². The molecular formula is C31H40N4O6S. The Morgan fingerprint density at radius 2 is 1.64 bits per heavy atom. The zero-order chi connectivity index (χ0) is 30.2. The van der Waals surface area contributed by atoms with E-state index in [9.17, 15) is 27.9 Å². The monoisotopic (exact) mass is 596 g/mol. The molecule has 1 spiro atoms. The Morgan fingerprint density at radius 1 is 1.00 bits per heavy atom. The Morgan fingerprint density at radius 3 is 2.21 bits per heavy atom. The lowest BCUT2D eigenvalue weighted by atomic mass is 9.83. The van der Waals surface area contributed by atoms with Crippen LogP contribution < -0.4 is 0 Å². The van der Waals surface area contributed by atoms with Crippen molar-refractivity contribution >= 4 is 27.9 Å². The summed E-state index contributed by atoms with van der Waals surface area (Å²) in [6.45, 7) is 7.56. The average Bonchev–Trinajstić information content (AvgIpc) is 3.45. The second-order valence-corrected chi connectivity index (χ2v) is 14.4. The number of benzene rings is 2. The molecule has 2 aromatic carbocycles. The normalized spacial score (nSPS) is 23.0. The van der Waals surface area contributed by atoms with Crippen molar-refractivity contribution in [2.24, 2.45) is 11.8 Å². The molecule has 3 fully saturated rings. The summed E-state index contributed by atoms with van der Waals surface area (Å²) in [5, 5.41) is 9.68. The number of hydrogen-bond acceptors (Lipinski definition) is 6. The minimum absolute atomic E-state index is 0.0909. The average molecular weight is 597 g/mol. The van der Waals surface area contributed by atoms with Crippen LogP contribution in [0.2, 0.25) is 0 Å². The number of carbonyl (C=O) groups is 3. The van der Waals surface area contributed by atoms with Crippen LogP contribution in [-0.4, -0.2) is 102 Å². The van der Waals surface area contributed by atoms with E-state index < -0.39 is 21.5 Å². The van der Waals surface area contributed by atoms with Gasteiger partial charge in [0.1, 0.15) is 5.54 Å². The molecule has 1 N–H and O–H groups in total. The van der Waals surface area contributed by atoms with Crippen LogP contribution in [0.1, 0.15) is 43.7 Å². The van der Waals surface area contributed by atoms with E-state index >= 15 is 0 Å². The second kappa shape index (κ2) is 11.7. The fourth-order valence-electron chi connectivity index (χ4n) is 6.78. The van der Waals surface area contributed by atoms with Crippen LogP contribution >= 0.6 is 0 Å². The first-order valence-electron chi connectivity index (χ1n) is 14.6. The Kier molecular flexibility index (Phi) is 8.35. The highest BCUT2D eigenvalue weighted by atomic mass is 32.2. The van der Waals surface area contributed by atoms with Crippen molar-refractivity contribution in [1.82, 2.24) is 19.6 Å². The summed E-state index contributed by atoms with van der Waals surface area (Å²) in [6, 6.07) is 16.1. The van der Waals surface area contributed by atoms with Gasteiger partial charge >= 0.3 is 12.1 Å². The number of carboxylic acid groups (broad SMARTS) is 1. The van der Waals surface area contributed by atoms with E-state index in [-0.39, 0.29) is 41.1 Å². The van der Waals surface area contributed by atoms with Crippen LogP contribution in [0, 0.1) is 11.8 Å². The molecular weight excluding hydrogens is 556 g/mol. The third-order valence-electron chi connectivity index (χ3n) is 8.98. The van der Waals surface area contributed by atoms with Crippen LogP contribution in [0.4, 0.5) is 9.59 Å². The van der Waals surface area contributed by atoms with Crippen molar-refractivity contribution in [2.75, 3.05) is 45.5 Å². The fourth-order valence-corrected chi connectivity index (χ4v) is 7.41. The molecule has 11 heteroatoms. The first-order valence-corrected chi connectivity index (χ1v) is 16.5. The van der Waals surface area contributed by atoms with Gasteiger partial charge in [-0.3, -0.25) is 9.69 Å². The first-order chi connectivity index (χ1) is 19.9. The lowest BCUT2D eigenvalue weighted by Crippen LogP contribution is -2.57. The predicted molar refractivity (Wildman–Crippen MR) is 158 cm³/mol. The van der Waals surface area contributed by atoms with Gasteiger partial charge in [-0.1, -0.05) is 56.3 Å². The maximum atomic E-state index is 14.0. The molecule has 0 bridgehead atoms. The minimum Gasteiger partial charge on any atom is -0.465 e. The van der Waals surface area contributed by atoms with Gasteiger partial charge in [0.2, 0.25) is 0 Å². The highest BCUT2D eigenvalue weighted by Gasteiger charge is 2.58. The van der Waals surface area contributed by atoms with Gasteiger partial charge in [0.25, 0.3) is 5.91 Å². The van der Waals surface area contributed by atoms with Crippen molar-refractivity contribution in [1.29, 1.82) is 0 Å². The van der Waals surface area contributed by atoms with Crippen LogP contribution in [-0.2, 0) is 21.2 Å². The maximum absolute atomic E-state index is 14.0. The van der Waals surface area contributed by atoms with E-state index in [1.54, 1.807) is 17.0 Å². The highest BCUT2D eigenvalue weighted by molar-refractivity contribution is 7.90. The molecule has 4 amide bonds. The smallest absolute Gasteiger partial charge is 0.407 e. The Balaban J connectivity index is 1.31. The molecule has 10 nitrogen and oxygen atoms in total. The van der Waals surface area contributed by atoms with E-state index in [0.717, 1.165) is 18.4 Å². The highest BCUT2D eigenvalue weighted by Crippen LogP contribution is 2.40. The standard InChI is InChI=1S/C31H40N4O6S/c1-22(2)17-35-29(37)34(18-23-9-11-26(12-10-23)42(3,40)41)28(36)31(35)13-15-32(16-14-31)19-25-20-33(30(38)39)21-27(25)24-7-5-4-6-8-24/h4-12,22,25,27H,13-21H2,1-3H3,(H,38,39)/t25-,27+/m0/s1. The number of imide groups is 1. The number of piperidine rings is 1. The Hall–Kier alpha value is -3.44. The Labute approximate surface area is 247 Å². The molecule has 0 aliphatic carbocycles. The molecule has 0 unspecified atom stereocenters. The fraction of sp³-hybridized carbons (Fsp3) is 0.516. The van der Waals surface area contributed by atoms with Crippen molar-refractivity contribution < 1.29 is 27.9 Å². The van der Waals surface area contributed by atoms with Gasteiger partial charge in [-0.2, -0.15) is 0 Å². The first kappa shape index (κ1) is 30.0. The van der Waals surface area contributed by atoms with Crippen LogP contribution in [0.15, 0.2) is 59.5 Å². The summed E-state index contributed by atoms with van der Waals surface area (Å²) in [6.07, 6.45) is 1.27. The number of nitrogens with zero attached hydrogens (tertiary/aromatic N) is 4. The summed E-state index contributed by atoms with van der Waals surface area (Å²) < 4.78 is 23.7. The summed E-state index contributed by atoms with van der Waals surface area (Å²) in [4.78, 5) is 46.6. The van der Waals surface area contributed by atoms with Gasteiger partial charge in [0.15, 0.2) is 9.84 Å². The summed E-state index contributed by atoms with van der Waals surface area (Å²) >= 11 is 0. The van der Waals surface area contributed by atoms with Crippen LogP contribution in [0.5, 0.6) is 0 Å². The molecule has 2 atom stereocenters. The molecule has 0 radical (unpaired) electrons. The SMILES string of the molecule is CC(C)CN1C(=O)N(Cc2ccc(S(C)(=O)=O)cc2)C(=O)C12CCN(C[C@H]1CN(C(=O)O)C[C@@H]1c1ccccc1)CC2. The topological polar surface area (TPSA) is 119 Å². The van der Waals surface area contributed by atoms with E-state index in [4.69, 9.17) is 0 Å². The lowest BCUT2D eigenvalue weighted by molar-refractivity contribution is -0.136. The second-order valence-electron chi connectivity index (χ2n) is 12.4. The minimum atomic E-state index is -3.35. The molecule has 3 saturated heterocycles. The molecule has 3 aliphatic heterocycles. The van der Waals surface area contributed by atoms with Gasteiger partial charge in [-0.25, -0.2) is 18.0 Å². The van der Waals surface area contributed by atoms with E-state index in [0.29, 0.717) is 51.1 Å². The largest absolute Gasteiger partial charge is 0.465 e. The number of amides is 4. The van der Waals surface area contributed by atoms with Crippen molar-refractivity contribution in [2.45, 2.75) is 49.6 Å². The molecule has 42 heavy (non-hydrogen) atoms. The molecule has 2 aromatic rings. The number of carbonyl (C=O) groups excluding carboxylic acids is 2. The van der Waals surface area contributed by atoms with E-state index in [1.165, 1.54) is 21.9 Å². The van der Waals surface area contributed by atoms with Crippen LogP contribution in [0.25, 0.3) is 0 Å². The summed E-state index contributed by atoms with van der Waals surface area (Å²) in [5.41, 5.74) is 0.922. The summed E-state index contributed by atoms with van der Waals surface area (Å²) in [7, 11) is -3.35. The predicted octanol–water partition coefficient (Wildman–Crippen LogP) is 3.74. The maximum Gasteiger partial charge on any atom is 0.407 e. The van der Waals surface area contributed by atoms with E-state index in [1.807, 2.05) is 32.0 Å². The van der Waals surface area contributed by atoms with Gasteiger partial charge in [0, 0.05) is 51.4 Å². The third kappa shape index (κ3) is 5.89. The van der Waals surface area contributed by atoms with Crippen molar-refractivity contribution in [3.05, 3.63) is 65.7 Å². The van der Waals surface area contributed by atoms with Gasteiger partial charge in [-0.15, -0.1) is 0 Å². The van der Waals surface area contributed by atoms with Gasteiger partial charge < -0.3 is 19.8 Å². The zero-order valence-corrected chi connectivity index (χ0v) is 25.3.